The van der Waals surface area contributed by atoms with Crippen molar-refractivity contribution in [3.8, 4) is 0 Å². The largest absolute Gasteiger partial charge is 0.480 e. The van der Waals surface area contributed by atoms with Gasteiger partial charge in [-0.2, -0.15) is 0 Å². The Labute approximate surface area is 96.7 Å². The molecule has 88 valence electrons. The fourth-order valence-electron chi connectivity index (χ4n) is 1.63. The number of aliphatic carboxylic acids is 1. The molecule has 0 aliphatic heterocycles. The normalized spacial score (nSPS) is 10.6. The van der Waals surface area contributed by atoms with E-state index in [9.17, 15) is 4.79 Å². The van der Waals surface area contributed by atoms with Gasteiger partial charge in [-0.25, -0.2) is 0 Å². The monoisotopic (exact) mass is 221 g/mol. The van der Waals surface area contributed by atoms with Crippen LogP contribution in [0.2, 0.25) is 0 Å². The first-order valence-electron chi connectivity index (χ1n) is 5.70. The number of unbranched alkanes of at least 4 members (excludes halogenated alkanes) is 1. The zero-order valence-corrected chi connectivity index (χ0v) is 9.72. The van der Waals surface area contributed by atoms with Gasteiger partial charge in [0.15, 0.2) is 0 Å². The molecule has 0 saturated heterocycles. The first kappa shape index (κ1) is 12.7. The zero-order chi connectivity index (χ0) is 11.8. The van der Waals surface area contributed by atoms with Crippen molar-refractivity contribution >= 4 is 5.97 Å². The lowest BCUT2D eigenvalue weighted by molar-refractivity contribution is -0.138. The molecule has 0 aliphatic rings. The van der Waals surface area contributed by atoms with Crippen LogP contribution in [0.3, 0.4) is 0 Å². The molecule has 3 nitrogen and oxygen atoms in total. The summed E-state index contributed by atoms with van der Waals surface area (Å²) in [7, 11) is 0. The number of benzene rings is 1. The Morgan fingerprint density at radius 1 is 1.31 bits per heavy atom. The Morgan fingerprint density at radius 3 is 2.56 bits per heavy atom. The molecule has 0 bridgehead atoms. The van der Waals surface area contributed by atoms with Crippen molar-refractivity contribution in [2.24, 2.45) is 0 Å². The second-order valence-electron chi connectivity index (χ2n) is 3.94. The summed E-state index contributed by atoms with van der Waals surface area (Å²) >= 11 is 0. The molecule has 3 heteroatoms. The molecule has 0 spiro atoms. The zero-order valence-electron chi connectivity index (χ0n) is 9.72. The first-order chi connectivity index (χ1) is 7.72. The van der Waals surface area contributed by atoms with Crippen LogP contribution in [0.25, 0.3) is 0 Å². The van der Waals surface area contributed by atoms with E-state index in [2.05, 4.69) is 6.92 Å². The third-order valence-electron chi connectivity index (χ3n) is 2.44. The highest BCUT2D eigenvalue weighted by Crippen LogP contribution is 2.05. The Morgan fingerprint density at radius 2 is 2.00 bits per heavy atom. The van der Waals surface area contributed by atoms with E-state index >= 15 is 0 Å². The van der Waals surface area contributed by atoms with Gasteiger partial charge in [0.2, 0.25) is 0 Å². The lowest BCUT2D eigenvalue weighted by atomic mass is 10.2. The quantitative estimate of drug-likeness (QED) is 0.768. The second-order valence-corrected chi connectivity index (χ2v) is 3.94. The Hall–Kier alpha value is -1.35. The number of hydrogen-bond donors (Lipinski definition) is 1. The summed E-state index contributed by atoms with van der Waals surface area (Å²) < 4.78 is 0. The van der Waals surface area contributed by atoms with Crippen LogP contribution in [0.4, 0.5) is 0 Å². The van der Waals surface area contributed by atoms with E-state index < -0.39 is 5.97 Å². The van der Waals surface area contributed by atoms with Crippen LogP contribution < -0.4 is 0 Å². The number of rotatable bonds is 7. The first-order valence-corrected chi connectivity index (χ1v) is 5.70. The van der Waals surface area contributed by atoms with Crippen LogP contribution >= 0.6 is 0 Å². The fourth-order valence-corrected chi connectivity index (χ4v) is 1.63. The Kier molecular flexibility index (Phi) is 5.57. The summed E-state index contributed by atoms with van der Waals surface area (Å²) in [5.74, 6) is -0.757. The molecule has 1 rings (SSSR count). The van der Waals surface area contributed by atoms with E-state index in [-0.39, 0.29) is 6.54 Å². The average molecular weight is 221 g/mol. The van der Waals surface area contributed by atoms with Crippen LogP contribution in [0.5, 0.6) is 0 Å². The van der Waals surface area contributed by atoms with Gasteiger partial charge < -0.3 is 5.11 Å². The Bertz CT molecular complexity index is 311. The molecule has 0 radical (unpaired) electrons. The summed E-state index contributed by atoms with van der Waals surface area (Å²) in [6.07, 6.45) is 2.13. The number of hydrogen-bond acceptors (Lipinski definition) is 2. The molecule has 0 unspecified atom stereocenters. The minimum Gasteiger partial charge on any atom is -0.480 e. The van der Waals surface area contributed by atoms with Crippen LogP contribution in [0.1, 0.15) is 25.3 Å². The fraction of sp³-hybridized carbons (Fsp3) is 0.462. The molecule has 0 heterocycles. The molecule has 0 saturated carbocycles. The van der Waals surface area contributed by atoms with Gasteiger partial charge >= 0.3 is 5.97 Å². The van der Waals surface area contributed by atoms with Gasteiger partial charge in [-0.3, -0.25) is 9.69 Å². The molecule has 1 aromatic rings. The summed E-state index contributed by atoms with van der Waals surface area (Å²) in [6.45, 7) is 3.79. The minimum absolute atomic E-state index is 0.120. The van der Waals surface area contributed by atoms with Gasteiger partial charge in [0.05, 0.1) is 6.54 Å². The second kappa shape index (κ2) is 7.01. The highest BCUT2D eigenvalue weighted by atomic mass is 16.4. The number of carboxylic acids is 1. The van der Waals surface area contributed by atoms with E-state index in [1.54, 1.807) is 0 Å². The number of carboxylic acid groups (broad SMARTS) is 1. The predicted octanol–water partition coefficient (Wildman–Crippen LogP) is 2.37. The standard InChI is InChI=1S/C13H19NO2/c1-2-3-9-14(11-13(15)16)10-12-7-5-4-6-8-12/h4-8H,2-3,9-11H2,1H3,(H,15,16). The van der Waals surface area contributed by atoms with E-state index in [4.69, 9.17) is 5.11 Å². The lowest BCUT2D eigenvalue weighted by Gasteiger charge is -2.19. The molecular formula is C13H19NO2. The highest BCUT2D eigenvalue weighted by Gasteiger charge is 2.09. The summed E-state index contributed by atoms with van der Waals surface area (Å²) in [5.41, 5.74) is 1.17. The summed E-state index contributed by atoms with van der Waals surface area (Å²) in [5, 5.41) is 8.82. The van der Waals surface area contributed by atoms with Crippen molar-refractivity contribution in [3.05, 3.63) is 35.9 Å². The maximum absolute atomic E-state index is 10.7. The van der Waals surface area contributed by atoms with E-state index in [1.165, 1.54) is 5.56 Å². The molecule has 1 aromatic carbocycles. The number of carbonyl (C=O) groups is 1. The third-order valence-corrected chi connectivity index (χ3v) is 2.44. The van der Waals surface area contributed by atoms with Gasteiger partial charge in [-0.15, -0.1) is 0 Å². The summed E-state index contributed by atoms with van der Waals surface area (Å²) in [4.78, 5) is 12.7. The maximum atomic E-state index is 10.7. The van der Waals surface area contributed by atoms with Gasteiger partial charge in [-0.05, 0) is 18.5 Å². The van der Waals surface area contributed by atoms with Crippen molar-refractivity contribution in [1.82, 2.24) is 4.90 Å². The minimum atomic E-state index is -0.757. The van der Waals surface area contributed by atoms with Crippen molar-refractivity contribution < 1.29 is 9.90 Å². The third kappa shape index (κ3) is 4.94. The van der Waals surface area contributed by atoms with Crippen molar-refractivity contribution in [3.63, 3.8) is 0 Å². The van der Waals surface area contributed by atoms with Crippen LogP contribution in [0, 0.1) is 0 Å². The Balaban J connectivity index is 2.52. The van der Waals surface area contributed by atoms with E-state index in [1.807, 2.05) is 35.2 Å². The lowest BCUT2D eigenvalue weighted by Crippen LogP contribution is -2.30. The molecule has 0 fully saturated rings. The molecule has 16 heavy (non-hydrogen) atoms. The van der Waals surface area contributed by atoms with Gasteiger partial charge in [0.25, 0.3) is 0 Å². The van der Waals surface area contributed by atoms with Crippen molar-refractivity contribution in [1.29, 1.82) is 0 Å². The molecule has 0 aliphatic carbocycles. The maximum Gasteiger partial charge on any atom is 0.317 e. The van der Waals surface area contributed by atoms with Gasteiger partial charge in [0.1, 0.15) is 0 Å². The molecular weight excluding hydrogens is 202 g/mol. The van der Waals surface area contributed by atoms with Gasteiger partial charge in [-0.1, -0.05) is 43.7 Å². The molecule has 0 amide bonds. The van der Waals surface area contributed by atoms with Crippen LogP contribution in [-0.4, -0.2) is 29.1 Å². The smallest absolute Gasteiger partial charge is 0.317 e. The van der Waals surface area contributed by atoms with Crippen LogP contribution in [-0.2, 0) is 11.3 Å². The predicted molar refractivity (Wildman–Crippen MR) is 64.3 cm³/mol. The van der Waals surface area contributed by atoms with E-state index in [0.29, 0.717) is 6.54 Å². The SMILES string of the molecule is CCCCN(CC(=O)O)Cc1ccccc1. The molecule has 0 atom stereocenters. The molecule has 0 aromatic heterocycles. The van der Waals surface area contributed by atoms with Crippen molar-refractivity contribution in [2.45, 2.75) is 26.3 Å². The highest BCUT2D eigenvalue weighted by molar-refractivity contribution is 5.69. The van der Waals surface area contributed by atoms with Crippen LogP contribution in [0.15, 0.2) is 30.3 Å². The molecule has 1 N–H and O–H groups in total. The van der Waals surface area contributed by atoms with Crippen molar-refractivity contribution in [2.75, 3.05) is 13.1 Å². The average Bonchev–Trinajstić information content (AvgIpc) is 2.26. The number of nitrogens with zero attached hydrogens (tertiary/aromatic N) is 1. The topological polar surface area (TPSA) is 40.5 Å². The van der Waals surface area contributed by atoms with E-state index in [0.717, 1.165) is 19.4 Å². The summed E-state index contributed by atoms with van der Waals surface area (Å²) in [6, 6.07) is 9.99. The van der Waals surface area contributed by atoms with Gasteiger partial charge in [0, 0.05) is 6.54 Å².